The molecule has 1 atom stereocenters. The van der Waals surface area contributed by atoms with E-state index in [1.165, 1.54) is 31.3 Å². The largest absolute Gasteiger partial charge is 0.433 e. The van der Waals surface area contributed by atoms with Crippen LogP contribution in [-0.2, 0) is 21.4 Å². The third-order valence-corrected chi connectivity index (χ3v) is 13.4. The first-order chi connectivity index (χ1) is 29.0. The Morgan fingerprint density at radius 2 is 1.64 bits per heavy atom. The molecule has 1 unspecified atom stereocenters. The van der Waals surface area contributed by atoms with Crippen molar-refractivity contribution in [3.63, 3.8) is 0 Å². The number of piperidine rings is 2. The van der Waals surface area contributed by atoms with Crippen LogP contribution >= 0.6 is 11.3 Å². The lowest BCUT2D eigenvalue weighted by atomic mass is 9.81. The fraction of sp³-hybridized carbons (Fsp3) is 0.488. The number of imide groups is 2. The van der Waals surface area contributed by atoms with Crippen LogP contribution in [0.5, 0.6) is 0 Å². The second-order valence-electron chi connectivity index (χ2n) is 17.0. The summed E-state index contributed by atoms with van der Waals surface area (Å²) < 4.78 is 40.4. The number of hydrogen-bond acceptors (Lipinski definition) is 12. The number of carbonyl (C=O) groups excluding carboxylic acids is 5. The maximum absolute atomic E-state index is 13.4. The number of halogens is 3. The van der Waals surface area contributed by atoms with Gasteiger partial charge in [-0.1, -0.05) is 12.1 Å². The standard InChI is InChI=1S/C43H47F3N8O6S/c1-42(2,60)35-29(49-37(56)28-7-4-8-32(48-28)43(44,45)46)21-31-36(51-35)52-39(61-31)25-11-9-24(10-12-25)22-53-19-16-23(17-20-53)15-18-47-27-6-3-5-26-34(27)41(59)54(40(26)58)30-13-14-33(55)50-38(30)57/h3-8,21,23-25,30,47,60H,9-20,22H2,1-2H3,(H,49,56)(H,50,55,57)/t24-,25-,30?. The summed E-state index contributed by atoms with van der Waals surface area (Å²) >= 11 is 1.48. The highest BCUT2D eigenvalue weighted by Gasteiger charge is 2.45. The normalized spacial score (nSPS) is 21.8. The monoisotopic (exact) mass is 860 g/mol. The first-order valence-electron chi connectivity index (χ1n) is 20.7. The Kier molecular flexibility index (Phi) is 11.7. The van der Waals surface area contributed by atoms with E-state index in [2.05, 4.69) is 30.8 Å². The predicted molar refractivity (Wildman–Crippen MR) is 220 cm³/mol. The molecule has 4 aromatic rings. The zero-order valence-electron chi connectivity index (χ0n) is 33.8. The summed E-state index contributed by atoms with van der Waals surface area (Å²) in [5.74, 6) is -1.61. The summed E-state index contributed by atoms with van der Waals surface area (Å²) in [6, 6.07) is 8.88. The molecule has 2 saturated heterocycles. The van der Waals surface area contributed by atoms with Gasteiger partial charge in [0.1, 0.15) is 23.0 Å². The molecule has 18 heteroatoms. The Labute approximate surface area is 353 Å². The number of fused-ring (bicyclic) bond motifs is 2. The molecule has 1 aromatic carbocycles. The molecule has 3 aromatic heterocycles. The lowest BCUT2D eigenvalue weighted by molar-refractivity contribution is -0.141. The van der Waals surface area contributed by atoms with Gasteiger partial charge in [0.2, 0.25) is 11.8 Å². The predicted octanol–water partition coefficient (Wildman–Crippen LogP) is 6.47. The van der Waals surface area contributed by atoms with Gasteiger partial charge in [0, 0.05) is 31.1 Å². The van der Waals surface area contributed by atoms with E-state index in [-0.39, 0.29) is 41.3 Å². The Hall–Kier alpha value is -5.33. The van der Waals surface area contributed by atoms with Crippen molar-refractivity contribution in [1.82, 2.24) is 30.1 Å². The van der Waals surface area contributed by atoms with E-state index < -0.39 is 58.7 Å². The average Bonchev–Trinajstić information content (AvgIpc) is 3.75. The third kappa shape index (κ3) is 9.02. The molecule has 6 heterocycles. The van der Waals surface area contributed by atoms with E-state index in [4.69, 9.17) is 4.98 Å². The minimum atomic E-state index is -4.71. The highest BCUT2D eigenvalue weighted by atomic mass is 32.1. The minimum absolute atomic E-state index is 0.0690. The summed E-state index contributed by atoms with van der Waals surface area (Å²) in [6.45, 7) is 6.72. The van der Waals surface area contributed by atoms with Gasteiger partial charge in [-0.3, -0.25) is 34.2 Å². The molecule has 1 aliphatic carbocycles. The van der Waals surface area contributed by atoms with E-state index in [1.807, 2.05) is 0 Å². The Bertz CT molecular complexity index is 2380. The van der Waals surface area contributed by atoms with Gasteiger partial charge in [0.05, 0.1) is 32.2 Å². The molecule has 0 bridgehead atoms. The Morgan fingerprint density at radius 3 is 2.34 bits per heavy atom. The molecule has 322 valence electrons. The number of alkyl halides is 3. The van der Waals surface area contributed by atoms with Crippen molar-refractivity contribution in [2.45, 2.75) is 95.4 Å². The minimum Gasteiger partial charge on any atom is -0.384 e. The molecule has 0 spiro atoms. The van der Waals surface area contributed by atoms with Crippen LogP contribution in [0.15, 0.2) is 42.5 Å². The molecule has 1 saturated carbocycles. The molecule has 4 aliphatic rings. The van der Waals surface area contributed by atoms with Crippen LogP contribution < -0.4 is 16.0 Å². The summed E-state index contributed by atoms with van der Waals surface area (Å²) in [5, 5.41) is 20.1. The summed E-state index contributed by atoms with van der Waals surface area (Å²) in [4.78, 5) is 80.3. The highest BCUT2D eigenvalue weighted by Crippen LogP contribution is 2.41. The molecule has 5 amide bonds. The number of nitrogens with one attached hydrogen (secondary N) is 3. The number of pyridine rings is 2. The van der Waals surface area contributed by atoms with Crippen molar-refractivity contribution < 1.29 is 42.3 Å². The maximum Gasteiger partial charge on any atom is 0.433 e. The van der Waals surface area contributed by atoms with Gasteiger partial charge in [-0.05, 0) is 120 Å². The molecule has 3 aliphatic heterocycles. The van der Waals surface area contributed by atoms with Crippen LogP contribution in [-0.4, -0.2) is 91.6 Å². The molecular weight excluding hydrogens is 814 g/mol. The number of benzene rings is 1. The molecule has 4 N–H and O–H groups in total. The van der Waals surface area contributed by atoms with Crippen molar-refractivity contribution in [2.75, 3.05) is 36.8 Å². The van der Waals surface area contributed by atoms with E-state index >= 15 is 0 Å². The van der Waals surface area contributed by atoms with Crippen LogP contribution in [0, 0.1) is 11.8 Å². The number of rotatable bonds is 11. The second kappa shape index (κ2) is 16.9. The SMILES string of the molecule is CC(C)(O)c1nc2nc([C@H]3CC[C@H](CN4CCC(CCNc5cccc6c5C(=O)N(C5CCC(=O)NC5=O)C6=O)CC4)CC3)sc2cc1NC(=O)c1cccc(C(F)(F)F)n1. The topological polar surface area (TPSA) is 187 Å². The molecular formula is C43H47F3N8O6S. The lowest BCUT2D eigenvalue weighted by Gasteiger charge is -2.36. The number of anilines is 2. The zero-order valence-corrected chi connectivity index (χ0v) is 34.6. The summed E-state index contributed by atoms with van der Waals surface area (Å²) in [5.41, 5.74) is -1.20. The average molecular weight is 861 g/mol. The van der Waals surface area contributed by atoms with Crippen LogP contribution in [0.2, 0.25) is 0 Å². The first-order valence-corrected chi connectivity index (χ1v) is 21.6. The molecule has 0 radical (unpaired) electrons. The maximum atomic E-state index is 13.4. The summed E-state index contributed by atoms with van der Waals surface area (Å²) in [7, 11) is 0. The van der Waals surface area contributed by atoms with Crippen molar-refractivity contribution in [3.05, 3.63) is 75.7 Å². The van der Waals surface area contributed by atoms with Crippen molar-refractivity contribution in [2.24, 2.45) is 11.8 Å². The van der Waals surface area contributed by atoms with Gasteiger partial charge in [-0.2, -0.15) is 13.2 Å². The number of nitrogens with zero attached hydrogens (tertiary/aromatic N) is 5. The number of aromatic nitrogens is 3. The molecule has 3 fully saturated rings. The van der Waals surface area contributed by atoms with E-state index in [0.29, 0.717) is 34.4 Å². The quantitative estimate of drug-likeness (QED) is 0.121. The number of thiazole rings is 1. The number of carbonyl (C=O) groups is 5. The van der Waals surface area contributed by atoms with Gasteiger partial charge < -0.3 is 20.6 Å². The fourth-order valence-electron chi connectivity index (χ4n) is 9.01. The van der Waals surface area contributed by atoms with Crippen molar-refractivity contribution in [1.29, 1.82) is 0 Å². The van der Waals surface area contributed by atoms with E-state index in [9.17, 15) is 42.3 Å². The fourth-order valence-corrected chi connectivity index (χ4v) is 10.1. The van der Waals surface area contributed by atoms with Gasteiger partial charge in [0.25, 0.3) is 17.7 Å². The van der Waals surface area contributed by atoms with Crippen molar-refractivity contribution in [3.8, 4) is 0 Å². The van der Waals surface area contributed by atoms with Crippen LogP contribution in [0.3, 0.4) is 0 Å². The second-order valence-corrected chi connectivity index (χ2v) is 18.1. The van der Waals surface area contributed by atoms with E-state index in [0.717, 1.165) is 86.6 Å². The molecule has 8 rings (SSSR count). The van der Waals surface area contributed by atoms with Gasteiger partial charge >= 0.3 is 6.18 Å². The van der Waals surface area contributed by atoms with Gasteiger partial charge in [0.15, 0.2) is 5.65 Å². The Balaban J connectivity index is 0.811. The number of aliphatic hydroxyl groups is 1. The van der Waals surface area contributed by atoms with Crippen LogP contribution in [0.1, 0.15) is 125 Å². The van der Waals surface area contributed by atoms with E-state index in [1.54, 1.807) is 24.3 Å². The van der Waals surface area contributed by atoms with Gasteiger partial charge in [-0.15, -0.1) is 11.3 Å². The first kappa shape index (κ1) is 42.4. The zero-order chi connectivity index (χ0) is 43.2. The number of hydrogen-bond donors (Lipinski definition) is 4. The van der Waals surface area contributed by atoms with Crippen LogP contribution in [0.25, 0.3) is 10.3 Å². The van der Waals surface area contributed by atoms with Crippen molar-refractivity contribution >= 4 is 62.6 Å². The summed E-state index contributed by atoms with van der Waals surface area (Å²) in [6.07, 6.45) is 2.57. The third-order valence-electron chi connectivity index (χ3n) is 12.3. The van der Waals surface area contributed by atoms with Gasteiger partial charge in [-0.25, -0.2) is 15.0 Å². The molecule has 61 heavy (non-hydrogen) atoms. The highest BCUT2D eigenvalue weighted by molar-refractivity contribution is 7.18. The molecule has 14 nitrogen and oxygen atoms in total. The smallest absolute Gasteiger partial charge is 0.384 e. The number of amides is 5. The number of likely N-dealkylation sites (tertiary alicyclic amines) is 1. The lowest BCUT2D eigenvalue weighted by Crippen LogP contribution is -2.54. The Morgan fingerprint density at radius 1 is 0.902 bits per heavy atom. The van der Waals surface area contributed by atoms with Crippen LogP contribution in [0.4, 0.5) is 24.5 Å².